The Morgan fingerprint density at radius 3 is 1.36 bits per heavy atom. The molecule has 0 aliphatic carbocycles. The number of hydrogen-bond acceptors (Lipinski definition) is 3. The third-order valence-electron chi connectivity index (χ3n) is 7.13. The predicted octanol–water partition coefficient (Wildman–Crippen LogP) is 11.3. The van der Waals surface area contributed by atoms with Crippen molar-refractivity contribution in [2.75, 3.05) is 40.5 Å². The van der Waals surface area contributed by atoms with Crippen molar-refractivity contribution in [2.24, 2.45) is 0 Å². The van der Waals surface area contributed by atoms with Crippen LogP contribution in [0.4, 0.5) is 0 Å². The molecular formula is C39H69NO2. The number of nitrogens with zero attached hydrogens (tertiary/aromatic N) is 1. The number of allylic oxidation sites excluding steroid dienone is 12. The molecule has 0 aromatic carbocycles. The first-order valence-electron chi connectivity index (χ1n) is 17.4. The maximum atomic E-state index is 6.20. The molecule has 0 N–H and O–H groups in total. The minimum atomic E-state index is 0.182. The first kappa shape index (κ1) is 40.3. The summed E-state index contributed by atoms with van der Waals surface area (Å²) in [6.07, 6.45) is 49.2. The molecule has 42 heavy (non-hydrogen) atoms. The Labute approximate surface area is 262 Å². The Kier molecular flexibility index (Phi) is 34.1. The molecule has 0 spiro atoms. The van der Waals surface area contributed by atoms with Crippen molar-refractivity contribution in [2.45, 2.75) is 136 Å². The molecule has 242 valence electrons. The minimum Gasteiger partial charge on any atom is -0.379 e. The van der Waals surface area contributed by atoms with Gasteiger partial charge in [0, 0.05) is 19.8 Å². The molecule has 1 atom stereocenters. The van der Waals surface area contributed by atoms with Gasteiger partial charge in [0.05, 0.1) is 12.7 Å². The van der Waals surface area contributed by atoms with Crippen LogP contribution in [0.1, 0.15) is 129 Å². The van der Waals surface area contributed by atoms with Crippen LogP contribution in [0, 0.1) is 0 Å². The molecule has 0 aromatic heterocycles. The Morgan fingerprint density at radius 2 is 0.881 bits per heavy atom. The summed E-state index contributed by atoms with van der Waals surface area (Å²) in [6, 6.07) is 0. The smallest absolute Gasteiger partial charge is 0.0934 e. The average molecular weight is 584 g/mol. The van der Waals surface area contributed by atoms with Crippen LogP contribution >= 0.6 is 0 Å². The molecule has 3 heteroatoms. The molecule has 0 saturated heterocycles. The van der Waals surface area contributed by atoms with E-state index < -0.39 is 0 Å². The summed E-state index contributed by atoms with van der Waals surface area (Å²) >= 11 is 0. The lowest BCUT2D eigenvalue weighted by atomic mass is 10.1. The third-order valence-corrected chi connectivity index (χ3v) is 7.13. The fourth-order valence-electron chi connectivity index (χ4n) is 4.67. The zero-order valence-corrected chi connectivity index (χ0v) is 28.3. The summed E-state index contributed by atoms with van der Waals surface area (Å²) < 4.78 is 12.2. The van der Waals surface area contributed by atoms with Crippen LogP contribution in [0.25, 0.3) is 0 Å². The predicted molar refractivity (Wildman–Crippen MR) is 188 cm³/mol. The molecule has 3 nitrogen and oxygen atoms in total. The van der Waals surface area contributed by atoms with Crippen molar-refractivity contribution >= 4 is 0 Å². The fourth-order valence-corrected chi connectivity index (χ4v) is 4.67. The van der Waals surface area contributed by atoms with Crippen molar-refractivity contribution in [3.05, 3.63) is 72.9 Å². The number of unbranched alkanes of at least 4 members (excludes halogenated alkanes) is 12. The molecular weight excluding hydrogens is 514 g/mol. The van der Waals surface area contributed by atoms with Crippen molar-refractivity contribution < 1.29 is 9.47 Å². The Hall–Kier alpha value is -1.68. The van der Waals surface area contributed by atoms with E-state index in [-0.39, 0.29) is 6.10 Å². The molecule has 0 saturated carbocycles. The van der Waals surface area contributed by atoms with Gasteiger partial charge in [0.1, 0.15) is 0 Å². The van der Waals surface area contributed by atoms with Gasteiger partial charge in [0.2, 0.25) is 0 Å². The fraction of sp³-hybridized carbons (Fsp3) is 0.692. The topological polar surface area (TPSA) is 21.7 Å². The highest BCUT2D eigenvalue weighted by Crippen LogP contribution is 2.10. The van der Waals surface area contributed by atoms with Gasteiger partial charge < -0.3 is 14.4 Å². The van der Waals surface area contributed by atoms with Gasteiger partial charge in [-0.25, -0.2) is 0 Å². The van der Waals surface area contributed by atoms with E-state index in [1.807, 2.05) is 0 Å². The van der Waals surface area contributed by atoms with Gasteiger partial charge in [-0.3, -0.25) is 0 Å². The van der Waals surface area contributed by atoms with Crippen molar-refractivity contribution in [1.29, 1.82) is 0 Å². The number of rotatable bonds is 31. The summed E-state index contributed by atoms with van der Waals surface area (Å²) in [5, 5.41) is 0. The molecule has 0 radical (unpaired) electrons. The molecule has 0 aliphatic heterocycles. The highest BCUT2D eigenvalue weighted by Gasteiger charge is 2.10. The van der Waals surface area contributed by atoms with Gasteiger partial charge in [-0.1, -0.05) is 124 Å². The zero-order chi connectivity index (χ0) is 30.6. The highest BCUT2D eigenvalue weighted by molar-refractivity contribution is 4.97. The van der Waals surface area contributed by atoms with Gasteiger partial charge in [-0.15, -0.1) is 0 Å². The lowest BCUT2D eigenvalue weighted by Crippen LogP contribution is -2.32. The Morgan fingerprint density at radius 1 is 0.476 bits per heavy atom. The van der Waals surface area contributed by atoms with E-state index in [1.54, 1.807) is 0 Å². The first-order valence-corrected chi connectivity index (χ1v) is 17.4. The number of ether oxygens (including phenoxy) is 2. The molecule has 0 bridgehead atoms. The van der Waals surface area contributed by atoms with Gasteiger partial charge in [-0.05, 0) is 92.2 Å². The summed E-state index contributed by atoms with van der Waals surface area (Å²) in [5.41, 5.74) is 0. The van der Waals surface area contributed by atoms with E-state index in [4.69, 9.17) is 9.47 Å². The minimum absolute atomic E-state index is 0.182. The summed E-state index contributed by atoms with van der Waals surface area (Å²) in [7, 11) is 4.24. The van der Waals surface area contributed by atoms with E-state index in [9.17, 15) is 0 Å². The quantitative estimate of drug-likeness (QED) is 0.0598. The van der Waals surface area contributed by atoms with Crippen LogP contribution in [0.3, 0.4) is 0 Å². The standard InChI is InChI=1S/C39H69NO2/c1-5-7-9-11-13-15-17-19-21-23-25-27-29-31-33-35-41-38-39(37-40(3)4)42-36-34-32-30-28-26-24-22-20-18-16-14-12-10-8-6-2/h5-8,11-14,17-20,39H,9-10,15-16,21-38H2,1-4H3. The van der Waals surface area contributed by atoms with Gasteiger partial charge in [0.15, 0.2) is 0 Å². The van der Waals surface area contributed by atoms with Crippen LogP contribution in [0.15, 0.2) is 72.9 Å². The van der Waals surface area contributed by atoms with E-state index in [2.05, 4.69) is 106 Å². The van der Waals surface area contributed by atoms with Crippen LogP contribution in [-0.2, 0) is 9.47 Å². The van der Waals surface area contributed by atoms with Crippen molar-refractivity contribution in [1.82, 2.24) is 4.90 Å². The molecule has 0 aliphatic rings. The summed E-state index contributed by atoms with van der Waals surface area (Å²) in [5.74, 6) is 0. The Bertz CT molecular complexity index is 701. The lowest BCUT2D eigenvalue weighted by Gasteiger charge is -2.21. The second-order valence-corrected chi connectivity index (χ2v) is 11.6. The van der Waals surface area contributed by atoms with Gasteiger partial charge in [0.25, 0.3) is 0 Å². The van der Waals surface area contributed by atoms with Gasteiger partial charge >= 0.3 is 0 Å². The second kappa shape index (κ2) is 35.5. The van der Waals surface area contributed by atoms with E-state index >= 15 is 0 Å². The maximum Gasteiger partial charge on any atom is 0.0934 e. The lowest BCUT2D eigenvalue weighted by molar-refractivity contribution is -0.0287. The van der Waals surface area contributed by atoms with Crippen LogP contribution < -0.4 is 0 Å². The van der Waals surface area contributed by atoms with E-state index in [0.29, 0.717) is 6.61 Å². The second-order valence-electron chi connectivity index (χ2n) is 11.6. The van der Waals surface area contributed by atoms with Crippen LogP contribution in [-0.4, -0.2) is 51.5 Å². The van der Waals surface area contributed by atoms with E-state index in [0.717, 1.165) is 58.3 Å². The van der Waals surface area contributed by atoms with E-state index in [1.165, 1.54) is 77.0 Å². The SMILES string of the molecule is CC=CCC=CCC=CCCCCCCCCOCC(CN(C)C)OCCCCCCCCC=CCC=CCC=CC. The van der Waals surface area contributed by atoms with Gasteiger partial charge in [-0.2, -0.15) is 0 Å². The molecule has 1 unspecified atom stereocenters. The molecule has 0 heterocycles. The number of hydrogen-bond donors (Lipinski definition) is 0. The van der Waals surface area contributed by atoms with Crippen LogP contribution in [0.2, 0.25) is 0 Å². The van der Waals surface area contributed by atoms with Crippen LogP contribution in [0.5, 0.6) is 0 Å². The summed E-state index contributed by atoms with van der Waals surface area (Å²) in [6.45, 7) is 7.50. The largest absolute Gasteiger partial charge is 0.379 e. The first-order chi connectivity index (χ1) is 20.7. The highest BCUT2D eigenvalue weighted by atomic mass is 16.5. The Balaban J connectivity index is 3.60. The third kappa shape index (κ3) is 34.5. The zero-order valence-electron chi connectivity index (χ0n) is 28.3. The van der Waals surface area contributed by atoms with Crippen molar-refractivity contribution in [3.8, 4) is 0 Å². The monoisotopic (exact) mass is 584 g/mol. The summed E-state index contributed by atoms with van der Waals surface area (Å²) in [4.78, 5) is 2.21. The average Bonchev–Trinajstić information content (AvgIpc) is 2.98. The normalized spacial score (nSPS) is 13.6. The molecule has 0 fully saturated rings. The maximum absolute atomic E-state index is 6.20. The molecule has 0 amide bonds. The number of likely N-dealkylation sites (N-methyl/N-ethyl adjacent to an activating group) is 1. The molecule has 0 aromatic rings. The van der Waals surface area contributed by atoms with Crippen molar-refractivity contribution in [3.63, 3.8) is 0 Å². The molecule has 0 rings (SSSR count).